The van der Waals surface area contributed by atoms with Crippen LogP contribution in [0.3, 0.4) is 0 Å². The quantitative estimate of drug-likeness (QED) is 0.350. The van der Waals surface area contributed by atoms with E-state index in [9.17, 15) is 23.1 Å². The van der Waals surface area contributed by atoms with Crippen molar-refractivity contribution in [1.29, 1.82) is 0 Å². The number of aliphatic carboxylic acids is 1. The molecule has 2 fully saturated rings. The first kappa shape index (κ1) is 25.5. The maximum Gasteiger partial charge on any atom is 0.326 e. The number of hydrogen-bond acceptors (Lipinski definition) is 9. The fraction of sp³-hybridized carbons (Fsp3) is 0.391. The standard InChI is InChI=1S/C23H25ClN6O5S2/c24-16-11-15-13(3-5-26-20(15)25)9-14(16)10-18(22(32)33)29-8-4-17(21(29)31)30(37(34)35)19-12-27-23(36-19)28-6-1-2-7-28/h3,5,9,11-12,17-18,37H,1-2,4,6-8,10H2,(H2,25,26)(H,32,33)/t17-,18+/m0/s1. The zero-order valence-corrected chi connectivity index (χ0v) is 22.1. The predicted molar refractivity (Wildman–Crippen MR) is 143 cm³/mol. The highest BCUT2D eigenvalue weighted by molar-refractivity contribution is 7.74. The number of rotatable bonds is 8. The maximum atomic E-state index is 13.4. The van der Waals surface area contributed by atoms with Crippen molar-refractivity contribution in [3.05, 3.63) is 41.2 Å². The molecule has 14 heteroatoms. The van der Waals surface area contributed by atoms with E-state index in [2.05, 4.69) is 14.9 Å². The Morgan fingerprint density at radius 3 is 2.73 bits per heavy atom. The summed E-state index contributed by atoms with van der Waals surface area (Å²) in [6, 6.07) is 2.86. The minimum atomic E-state index is -3.16. The number of nitrogens with zero attached hydrogens (tertiary/aromatic N) is 5. The highest BCUT2D eigenvalue weighted by Crippen LogP contribution is 2.35. The molecule has 0 aliphatic carbocycles. The minimum Gasteiger partial charge on any atom is -0.480 e. The Balaban J connectivity index is 1.39. The molecule has 0 saturated carbocycles. The van der Waals surface area contributed by atoms with Crippen LogP contribution in [0.5, 0.6) is 0 Å². The number of hydrogen-bond donors (Lipinski definition) is 3. The molecular weight excluding hydrogens is 540 g/mol. The Morgan fingerprint density at radius 2 is 2.03 bits per heavy atom. The van der Waals surface area contributed by atoms with Gasteiger partial charge in [0.25, 0.3) is 0 Å². The molecule has 1 amide bonds. The molecule has 4 heterocycles. The third-order valence-corrected chi connectivity index (χ3v) is 9.19. The molecule has 2 atom stereocenters. The number of carboxylic acid groups (broad SMARTS) is 1. The van der Waals surface area contributed by atoms with Gasteiger partial charge in [-0.05, 0) is 48.4 Å². The molecule has 0 spiro atoms. The lowest BCUT2D eigenvalue weighted by atomic mass is 10.0. The van der Waals surface area contributed by atoms with E-state index in [1.807, 2.05) is 0 Å². The van der Waals surface area contributed by atoms with E-state index in [4.69, 9.17) is 17.3 Å². The smallest absolute Gasteiger partial charge is 0.326 e. The molecule has 0 radical (unpaired) electrons. The van der Waals surface area contributed by atoms with Gasteiger partial charge >= 0.3 is 5.97 Å². The number of pyridine rings is 1. The number of benzene rings is 1. The van der Waals surface area contributed by atoms with Gasteiger partial charge in [0.15, 0.2) is 5.13 Å². The summed E-state index contributed by atoms with van der Waals surface area (Å²) in [6.45, 7) is 1.81. The van der Waals surface area contributed by atoms with E-state index in [-0.39, 0.29) is 19.4 Å². The number of carbonyl (C=O) groups excluding carboxylic acids is 1. The summed E-state index contributed by atoms with van der Waals surface area (Å²) in [4.78, 5) is 37.4. The van der Waals surface area contributed by atoms with E-state index >= 15 is 0 Å². The Morgan fingerprint density at radius 1 is 1.27 bits per heavy atom. The summed E-state index contributed by atoms with van der Waals surface area (Å²) in [6.07, 6.45) is 5.22. The Hall–Kier alpha value is -3.16. The van der Waals surface area contributed by atoms with Crippen molar-refractivity contribution in [2.24, 2.45) is 0 Å². The van der Waals surface area contributed by atoms with E-state index < -0.39 is 34.9 Å². The number of aromatic nitrogens is 2. The molecular formula is C23H25ClN6O5S2. The summed E-state index contributed by atoms with van der Waals surface area (Å²) in [5.74, 6) is -1.46. The summed E-state index contributed by atoms with van der Waals surface area (Å²) in [5.41, 5.74) is 6.45. The van der Waals surface area contributed by atoms with Crippen LogP contribution in [0.15, 0.2) is 30.6 Å². The average Bonchev–Trinajstić information content (AvgIpc) is 3.61. The van der Waals surface area contributed by atoms with E-state index in [1.165, 1.54) is 22.4 Å². The van der Waals surface area contributed by atoms with Crippen LogP contribution in [-0.4, -0.2) is 72.0 Å². The summed E-state index contributed by atoms with van der Waals surface area (Å²) < 4.78 is 25.6. The molecule has 3 aromatic rings. The molecule has 2 saturated heterocycles. The van der Waals surface area contributed by atoms with Gasteiger partial charge in [-0.25, -0.2) is 27.5 Å². The van der Waals surface area contributed by atoms with Gasteiger partial charge in [-0.3, -0.25) is 4.79 Å². The van der Waals surface area contributed by atoms with Crippen LogP contribution in [0.1, 0.15) is 24.8 Å². The van der Waals surface area contributed by atoms with Crippen molar-refractivity contribution in [1.82, 2.24) is 14.9 Å². The molecule has 2 aliphatic heterocycles. The highest BCUT2D eigenvalue weighted by atomic mass is 35.5. The van der Waals surface area contributed by atoms with Crippen molar-refractivity contribution in [2.75, 3.05) is 34.6 Å². The molecule has 37 heavy (non-hydrogen) atoms. The predicted octanol–water partition coefficient (Wildman–Crippen LogP) is 2.16. The number of carbonyl (C=O) groups is 2. The SMILES string of the molecule is Nc1nccc2cc(C[C@H](C(=O)O)N3CC[C@H](N(c4cnc(N5CCCC5)s4)[SH](=O)=O)C3=O)c(Cl)cc12. The van der Waals surface area contributed by atoms with Gasteiger partial charge in [0, 0.05) is 42.7 Å². The van der Waals surface area contributed by atoms with E-state index in [0.29, 0.717) is 31.9 Å². The normalized spacial score (nSPS) is 18.8. The number of nitrogens with two attached hydrogens (primary N) is 1. The summed E-state index contributed by atoms with van der Waals surface area (Å²) >= 11 is 7.66. The van der Waals surface area contributed by atoms with Crippen LogP contribution >= 0.6 is 22.9 Å². The van der Waals surface area contributed by atoms with Gasteiger partial charge in [-0.1, -0.05) is 22.9 Å². The largest absolute Gasteiger partial charge is 0.480 e. The third kappa shape index (κ3) is 4.90. The Labute approximate surface area is 223 Å². The molecule has 1 aromatic carbocycles. The zero-order chi connectivity index (χ0) is 26.3. The molecule has 0 bridgehead atoms. The zero-order valence-electron chi connectivity index (χ0n) is 19.6. The first-order valence-electron chi connectivity index (χ1n) is 11.7. The second-order valence-electron chi connectivity index (χ2n) is 9.01. The van der Waals surface area contributed by atoms with E-state index in [0.717, 1.165) is 35.6 Å². The number of thiazole rings is 1. The molecule has 3 N–H and O–H groups in total. The lowest BCUT2D eigenvalue weighted by Crippen LogP contribution is -2.48. The first-order valence-corrected chi connectivity index (χ1v) is 14.1. The van der Waals surface area contributed by atoms with Gasteiger partial charge in [0.1, 0.15) is 22.9 Å². The Bertz CT molecular complexity index is 1430. The molecule has 196 valence electrons. The summed E-state index contributed by atoms with van der Waals surface area (Å²) in [7, 11) is -3.16. The number of anilines is 3. The van der Waals surface area contributed by atoms with Gasteiger partial charge in [-0.2, -0.15) is 0 Å². The number of fused-ring (bicyclic) bond motifs is 1. The lowest BCUT2D eigenvalue weighted by Gasteiger charge is -2.27. The van der Waals surface area contributed by atoms with Crippen LogP contribution in [0.2, 0.25) is 5.02 Å². The van der Waals surface area contributed by atoms with Crippen LogP contribution in [0.4, 0.5) is 16.0 Å². The number of halogens is 1. The van der Waals surface area contributed by atoms with E-state index in [1.54, 1.807) is 24.4 Å². The second-order valence-corrected chi connectivity index (χ2v) is 11.3. The first-order chi connectivity index (χ1) is 17.7. The van der Waals surface area contributed by atoms with Crippen LogP contribution in [-0.2, 0) is 26.9 Å². The van der Waals surface area contributed by atoms with Crippen LogP contribution in [0.25, 0.3) is 10.8 Å². The number of nitrogen functional groups attached to an aromatic ring is 1. The number of likely N-dealkylation sites (tertiary alicyclic amines) is 1. The highest BCUT2D eigenvalue weighted by Gasteiger charge is 2.43. The minimum absolute atomic E-state index is 0.0476. The number of amides is 1. The third-order valence-electron chi connectivity index (χ3n) is 6.80. The van der Waals surface area contributed by atoms with Crippen LogP contribution in [0, 0.1) is 0 Å². The number of thiol groups is 1. The molecule has 2 aromatic heterocycles. The van der Waals surface area contributed by atoms with Gasteiger partial charge in [0.2, 0.25) is 16.8 Å². The molecule has 0 unspecified atom stereocenters. The monoisotopic (exact) mass is 564 g/mol. The molecule has 5 rings (SSSR count). The lowest BCUT2D eigenvalue weighted by molar-refractivity contribution is -0.148. The maximum absolute atomic E-state index is 13.4. The van der Waals surface area contributed by atoms with Crippen molar-refractivity contribution in [3.63, 3.8) is 0 Å². The van der Waals surface area contributed by atoms with Crippen molar-refractivity contribution < 1.29 is 23.1 Å². The fourth-order valence-corrected chi connectivity index (χ4v) is 7.10. The molecule has 2 aliphatic rings. The fourth-order valence-electron chi connectivity index (χ4n) is 4.95. The van der Waals surface area contributed by atoms with Crippen molar-refractivity contribution in [3.8, 4) is 0 Å². The van der Waals surface area contributed by atoms with Crippen molar-refractivity contribution in [2.45, 2.75) is 37.8 Å². The number of carboxylic acids is 1. The van der Waals surface area contributed by atoms with Gasteiger partial charge in [0.05, 0.1) is 6.20 Å². The van der Waals surface area contributed by atoms with Crippen LogP contribution < -0.4 is 14.9 Å². The average molecular weight is 565 g/mol. The molecule has 11 nitrogen and oxygen atoms in total. The Kier molecular flexibility index (Phi) is 7.10. The van der Waals surface area contributed by atoms with Crippen molar-refractivity contribution >= 4 is 72.4 Å². The van der Waals surface area contributed by atoms with Gasteiger partial charge < -0.3 is 20.6 Å². The van der Waals surface area contributed by atoms with Gasteiger partial charge in [-0.15, -0.1) is 0 Å². The summed E-state index contributed by atoms with van der Waals surface area (Å²) in [5, 5.41) is 12.8. The topological polar surface area (TPSA) is 150 Å². The second kappa shape index (κ2) is 10.3.